The molecule has 5 rings (SSSR count). The second kappa shape index (κ2) is 6.92. The maximum absolute atomic E-state index is 12.5. The third-order valence-corrected chi connectivity index (χ3v) is 5.14. The number of carbonyl (C=O) groups excluding carboxylic acids is 2. The molecule has 7 heteroatoms. The molecule has 2 bridgehead atoms. The molecule has 0 unspecified atom stereocenters. The largest absolute Gasteiger partial charge is 0.432 e. The first-order valence-corrected chi connectivity index (χ1v) is 8.95. The molecule has 0 saturated carbocycles. The van der Waals surface area contributed by atoms with Crippen molar-refractivity contribution in [1.82, 2.24) is 15.2 Å². The van der Waals surface area contributed by atoms with E-state index in [-0.39, 0.29) is 23.7 Å². The van der Waals surface area contributed by atoms with Crippen LogP contribution >= 0.6 is 0 Å². The number of nitrogens with zero attached hydrogens (tertiary/aromatic N) is 2. The van der Waals surface area contributed by atoms with Gasteiger partial charge < -0.3 is 20.0 Å². The molecule has 2 aromatic rings. The van der Waals surface area contributed by atoms with Crippen molar-refractivity contribution >= 4 is 17.5 Å². The van der Waals surface area contributed by atoms with Crippen molar-refractivity contribution in [2.45, 2.75) is 25.8 Å². The number of rotatable bonds is 4. The number of carbonyl (C=O) groups is 2. The van der Waals surface area contributed by atoms with Crippen LogP contribution in [0.15, 0.2) is 34.9 Å². The molecule has 0 aliphatic carbocycles. The first kappa shape index (κ1) is 16.8. The predicted octanol–water partition coefficient (Wildman–Crippen LogP) is 2.12. The summed E-state index contributed by atoms with van der Waals surface area (Å²) in [5.74, 6) is 0.704. The van der Waals surface area contributed by atoms with Gasteiger partial charge in [0, 0.05) is 30.8 Å². The van der Waals surface area contributed by atoms with Gasteiger partial charge in [-0.3, -0.25) is 9.59 Å². The molecule has 26 heavy (non-hydrogen) atoms. The lowest BCUT2D eigenvalue weighted by molar-refractivity contribution is -0.114. The summed E-state index contributed by atoms with van der Waals surface area (Å²) in [6, 6.07) is 7.42. The van der Waals surface area contributed by atoms with Gasteiger partial charge in [0.05, 0.1) is 6.20 Å². The predicted molar refractivity (Wildman–Crippen MR) is 96.7 cm³/mol. The number of hydrogen-bond acceptors (Lipinski definition) is 5. The topological polar surface area (TPSA) is 87.5 Å². The van der Waals surface area contributed by atoms with Gasteiger partial charge in [0.2, 0.25) is 5.91 Å². The van der Waals surface area contributed by atoms with Crippen LogP contribution < -0.4 is 10.6 Å². The van der Waals surface area contributed by atoms with Crippen LogP contribution in [-0.4, -0.2) is 47.4 Å². The molecule has 3 aliphatic rings. The second-order valence-corrected chi connectivity index (χ2v) is 7.01. The Morgan fingerprint density at radius 2 is 2.08 bits per heavy atom. The molecule has 0 spiro atoms. The van der Waals surface area contributed by atoms with Gasteiger partial charge in [0.25, 0.3) is 5.89 Å². The Morgan fingerprint density at radius 1 is 1.27 bits per heavy atom. The van der Waals surface area contributed by atoms with E-state index in [9.17, 15) is 9.59 Å². The van der Waals surface area contributed by atoms with Crippen molar-refractivity contribution in [3.63, 3.8) is 0 Å². The number of hydrogen-bond donors (Lipinski definition) is 2. The third kappa shape index (κ3) is 3.48. The summed E-state index contributed by atoms with van der Waals surface area (Å²) in [7, 11) is 0. The molecule has 3 fully saturated rings. The lowest BCUT2D eigenvalue weighted by Gasteiger charge is -2.44. The lowest BCUT2D eigenvalue weighted by Crippen LogP contribution is -2.57. The van der Waals surface area contributed by atoms with Gasteiger partial charge in [0.1, 0.15) is 0 Å². The Labute approximate surface area is 151 Å². The van der Waals surface area contributed by atoms with Crippen LogP contribution in [0, 0.1) is 5.92 Å². The van der Waals surface area contributed by atoms with Crippen molar-refractivity contribution in [2.75, 3.05) is 25.0 Å². The quantitative estimate of drug-likeness (QED) is 0.878. The average Bonchev–Trinajstić information content (AvgIpc) is 3.13. The Hall–Kier alpha value is -2.67. The molecular formula is C19H22N4O3. The van der Waals surface area contributed by atoms with Crippen LogP contribution in [0.1, 0.15) is 30.5 Å². The Kier molecular flexibility index (Phi) is 4.46. The van der Waals surface area contributed by atoms with Gasteiger partial charge in [0.15, 0.2) is 5.76 Å². The zero-order valence-corrected chi connectivity index (χ0v) is 14.7. The number of piperidine rings is 3. The van der Waals surface area contributed by atoms with Crippen LogP contribution in [0.3, 0.4) is 0 Å². The number of benzene rings is 1. The van der Waals surface area contributed by atoms with E-state index in [2.05, 4.69) is 20.5 Å². The molecule has 2 amide bonds. The maximum atomic E-state index is 12.5. The molecule has 2 N–H and O–H groups in total. The molecule has 1 aromatic carbocycles. The van der Waals surface area contributed by atoms with Crippen molar-refractivity contribution < 1.29 is 14.0 Å². The molecular weight excluding hydrogens is 332 g/mol. The van der Waals surface area contributed by atoms with E-state index in [1.165, 1.54) is 13.1 Å². The average molecular weight is 354 g/mol. The number of amides is 2. The molecule has 1 aromatic heterocycles. The Balaban J connectivity index is 1.46. The minimum absolute atomic E-state index is 0.0707. The fourth-order valence-corrected chi connectivity index (χ4v) is 3.82. The van der Waals surface area contributed by atoms with E-state index < -0.39 is 0 Å². The van der Waals surface area contributed by atoms with Crippen molar-refractivity contribution in [2.24, 2.45) is 5.92 Å². The molecule has 4 heterocycles. The van der Waals surface area contributed by atoms with Gasteiger partial charge in [-0.2, -0.15) is 0 Å². The molecule has 7 nitrogen and oxygen atoms in total. The number of anilines is 1. The number of nitrogens with one attached hydrogen (secondary N) is 2. The number of fused-ring (bicyclic) bond motifs is 3. The SMILES string of the molecule is CC(=O)Nc1cccc(-c2cnc(C(=O)N[C@H]3CN4CCC3CC4)o2)c1. The maximum Gasteiger partial charge on any atom is 0.307 e. The van der Waals surface area contributed by atoms with Gasteiger partial charge in [-0.25, -0.2) is 4.98 Å². The summed E-state index contributed by atoms with van der Waals surface area (Å²) >= 11 is 0. The zero-order valence-electron chi connectivity index (χ0n) is 14.7. The third-order valence-electron chi connectivity index (χ3n) is 5.14. The minimum Gasteiger partial charge on any atom is -0.432 e. The summed E-state index contributed by atoms with van der Waals surface area (Å²) in [5.41, 5.74) is 1.43. The highest BCUT2D eigenvalue weighted by molar-refractivity contribution is 5.91. The highest BCUT2D eigenvalue weighted by Crippen LogP contribution is 2.28. The molecule has 0 radical (unpaired) electrons. The summed E-state index contributed by atoms with van der Waals surface area (Å²) in [6.07, 6.45) is 3.81. The van der Waals surface area contributed by atoms with Gasteiger partial charge in [-0.05, 0) is 44.0 Å². The van der Waals surface area contributed by atoms with Crippen LogP contribution in [0.4, 0.5) is 5.69 Å². The summed E-state index contributed by atoms with van der Waals surface area (Å²) in [5, 5.41) is 5.80. The van der Waals surface area contributed by atoms with Crippen LogP contribution in [0.5, 0.6) is 0 Å². The van der Waals surface area contributed by atoms with Crippen molar-refractivity contribution in [1.29, 1.82) is 0 Å². The van der Waals surface area contributed by atoms with E-state index in [0.29, 0.717) is 17.4 Å². The first-order valence-electron chi connectivity index (χ1n) is 8.95. The standard InChI is InChI=1S/C19H22N4O3/c1-12(24)21-15-4-2-3-14(9-15)17-10-20-19(26-17)18(25)22-16-11-23-7-5-13(16)6-8-23/h2-4,9-10,13,16H,5-8,11H2,1H3,(H,21,24)(H,22,25)/t16-/m0/s1. The Morgan fingerprint density at radius 3 is 2.77 bits per heavy atom. The van der Waals surface area contributed by atoms with E-state index >= 15 is 0 Å². The molecule has 3 aliphatic heterocycles. The van der Waals surface area contributed by atoms with Gasteiger partial charge in [-0.1, -0.05) is 12.1 Å². The van der Waals surface area contributed by atoms with E-state index in [4.69, 9.17) is 4.42 Å². The first-order chi connectivity index (χ1) is 12.6. The van der Waals surface area contributed by atoms with E-state index in [1.54, 1.807) is 12.1 Å². The Bertz CT molecular complexity index is 824. The van der Waals surface area contributed by atoms with Crippen LogP contribution in [0.25, 0.3) is 11.3 Å². The normalized spacial score (nSPS) is 24.3. The van der Waals surface area contributed by atoms with Crippen LogP contribution in [0.2, 0.25) is 0 Å². The van der Waals surface area contributed by atoms with E-state index in [1.807, 2.05) is 12.1 Å². The summed E-state index contributed by atoms with van der Waals surface area (Å²) < 4.78 is 5.66. The number of oxazole rings is 1. The fraction of sp³-hybridized carbons (Fsp3) is 0.421. The highest BCUT2D eigenvalue weighted by atomic mass is 16.4. The summed E-state index contributed by atoms with van der Waals surface area (Å²) in [4.78, 5) is 30.2. The monoisotopic (exact) mass is 354 g/mol. The highest BCUT2D eigenvalue weighted by Gasteiger charge is 2.35. The minimum atomic E-state index is -0.270. The second-order valence-electron chi connectivity index (χ2n) is 7.01. The van der Waals surface area contributed by atoms with Crippen LogP contribution in [-0.2, 0) is 4.79 Å². The number of aromatic nitrogens is 1. The van der Waals surface area contributed by atoms with Crippen molar-refractivity contribution in [3.8, 4) is 11.3 Å². The zero-order chi connectivity index (χ0) is 18.1. The van der Waals surface area contributed by atoms with Crippen molar-refractivity contribution in [3.05, 3.63) is 36.4 Å². The smallest absolute Gasteiger partial charge is 0.307 e. The fourth-order valence-electron chi connectivity index (χ4n) is 3.82. The molecule has 1 atom stereocenters. The summed E-state index contributed by atoms with van der Waals surface area (Å²) in [6.45, 7) is 4.62. The lowest BCUT2D eigenvalue weighted by atomic mass is 9.84. The molecule has 3 saturated heterocycles. The molecule has 136 valence electrons. The van der Waals surface area contributed by atoms with E-state index in [0.717, 1.165) is 38.0 Å². The van der Waals surface area contributed by atoms with Gasteiger partial charge >= 0.3 is 5.91 Å². The van der Waals surface area contributed by atoms with Gasteiger partial charge in [-0.15, -0.1) is 0 Å².